The highest BCUT2D eigenvalue weighted by Gasteiger charge is 2.52. The van der Waals surface area contributed by atoms with Crippen LogP contribution in [0, 0.1) is 6.92 Å². The van der Waals surface area contributed by atoms with Crippen LogP contribution in [0.15, 0.2) is 42.5 Å². The molecule has 0 spiro atoms. The predicted octanol–water partition coefficient (Wildman–Crippen LogP) is 3.14. The molecule has 0 aliphatic carbocycles. The smallest absolute Gasteiger partial charge is 0.325 e. The van der Waals surface area contributed by atoms with Crippen molar-refractivity contribution in [1.29, 1.82) is 0 Å². The van der Waals surface area contributed by atoms with E-state index in [4.69, 9.17) is 4.74 Å². The van der Waals surface area contributed by atoms with Crippen molar-refractivity contribution in [1.82, 2.24) is 10.2 Å². The first-order valence-electron chi connectivity index (χ1n) is 10.6. The molecule has 1 unspecified atom stereocenters. The van der Waals surface area contributed by atoms with Gasteiger partial charge in [-0.3, -0.25) is 14.5 Å². The Balaban J connectivity index is 1.60. The molecule has 1 atom stereocenters. The van der Waals surface area contributed by atoms with Crippen molar-refractivity contribution in [3.8, 4) is 5.75 Å². The van der Waals surface area contributed by atoms with Gasteiger partial charge in [-0.2, -0.15) is 0 Å². The maximum absolute atomic E-state index is 13.4. The Morgan fingerprint density at radius 3 is 2.68 bits per heavy atom. The Labute approximate surface area is 182 Å². The number of anilines is 1. The summed E-state index contributed by atoms with van der Waals surface area (Å²) in [6.45, 7) is 4.04. The number of benzene rings is 2. The SMILES string of the molecule is CCC1(c2ccc(OC)c(C)c2)NC(=O)N(CC(=O)N2CCCc3ccccc32)C1=O. The van der Waals surface area contributed by atoms with Crippen LogP contribution in [0.4, 0.5) is 10.5 Å². The first-order chi connectivity index (χ1) is 14.9. The van der Waals surface area contributed by atoms with Crippen LogP contribution in [-0.4, -0.2) is 42.9 Å². The number of urea groups is 1. The summed E-state index contributed by atoms with van der Waals surface area (Å²) in [6, 6.07) is 12.7. The summed E-state index contributed by atoms with van der Waals surface area (Å²) in [5, 5.41) is 2.85. The van der Waals surface area contributed by atoms with E-state index in [0.29, 0.717) is 24.3 Å². The fraction of sp³-hybridized carbons (Fsp3) is 0.375. The standard InChI is InChI=1S/C24H27N3O4/c1-4-24(18-11-12-20(31-3)16(2)14-18)22(29)27(23(30)25-24)15-21(28)26-13-7-9-17-8-5-6-10-19(17)26/h5-6,8,10-12,14H,4,7,9,13,15H2,1-3H3,(H,25,30). The topological polar surface area (TPSA) is 79.0 Å². The lowest BCUT2D eigenvalue weighted by Crippen LogP contribution is -2.46. The lowest BCUT2D eigenvalue weighted by Gasteiger charge is -2.31. The normalized spacial score (nSPS) is 20.5. The number of imide groups is 1. The molecule has 2 heterocycles. The van der Waals surface area contributed by atoms with Crippen molar-refractivity contribution >= 4 is 23.5 Å². The number of nitrogens with zero attached hydrogens (tertiary/aromatic N) is 2. The molecule has 31 heavy (non-hydrogen) atoms. The van der Waals surface area contributed by atoms with Gasteiger partial charge in [0, 0.05) is 12.2 Å². The highest BCUT2D eigenvalue weighted by atomic mass is 16.5. The summed E-state index contributed by atoms with van der Waals surface area (Å²) in [6.07, 6.45) is 2.15. The zero-order chi connectivity index (χ0) is 22.2. The lowest BCUT2D eigenvalue weighted by molar-refractivity contribution is -0.134. The number of rotatable bonds is 5. The molecule has 0 saturated carbocycles. The lowest BCUT2D eigenvalue weighted by atomic mass is 9.86. The summed E-state index contributed by atoms with van der Waals surface area (Å²) >= 11 is 0. The first-order valence-corrected chi connectivity index (χ1v) is 10.6. The van der Waals surface area contributed by atoms with E-state index < -0.39 is 17.5 Å². The molecular weight excluding hydrogens is 394 g/mol. The molecule has 1 fully saturated rings. The molecule has 4 amide bonds. The molecule has 162 valence electrons. The monoisotopic (exact) mass is 421 g/mol. The van der Waals surface area contributed by atoms with Crippen LogP contribution >= 0.6 is 0 Å². The number of hydrogen-bond donors (Lipinski definition) is 1. The number of aryl methyl sites for hydroxylation is 2. The number of nitrogens with one attached hydrogen (secondary N) is 1. The number of carbonyl (C=O) groups is 3. The van der Waals surface area contributed by atoms with E-state index in [-0.39, 0.29) is 12.5 Å². The van der Waals surface area contributed by atoms with Gasteiger partial charge >= 0.3 is 6.03 Å². The summed E-state index contributed by atoms with van der Waals surface area (Å²) in [7, 11) is 1.59. The zero-order valence-corrected chi connectivity index (χ0v) is 18.1. The minimum Gasteiger partial charge on any atom is -0.496 e. The van der Waals surface area contributed by atoms with E-state index in [0.717, 1.165) is 34.6 Å². The highest BCUT2D eigenvalue weighted by molar-refractivity contribution is 6.10. The quantitative estimate of drug-likeness (QED) is 0.753. The van der Waals surface area contributed by atoms with Crippen LogP contribution in [0.5, 0.6) is 5.75 Å². The van der Waals surface area contributed by atoms with Gasteiger partial charge in [0.1, 0.15) is 17.8 Å². The third-order valence-corrected chi connectivity index (χ3v) is 6.30. The number of para-hydroxylation sites is 1. The van der Waals surface area contributed by atoms with Crippen molar-refractivity contribution in [2.24, 2.45) is 0 Å². The van der Waals surface area contributed by atoms with Gasteiger partial charge in [0.2, 0.25) is 5.91 Å². The first kappa shape index (κ1) is 20.9. The van der Waals surface area contributed by atoms with Crippen molar-refractivity contribution in [3.63, 3.8) is 0 Å². The second kappa shape index (κ2) is 8.06. The minimum atomic E-state index is -1.19. The van der Waals surface area contributed by atoms with E-state index in [1.54, 1.807) is 24.1 Å². The van der Waals surface area contributed by atoms with Gasteiger partial charge in [0.25, 0.3) is 5.91 Å². The molecule has 2 aliphatic rings. The molecule has 0 bridgehead atoms. The largest absolute Gasteiger partial charge is 0.496 e. The predicted molar refractivity (Wildman–Crippen MR) is 117 cm³/mol. The summed E-state index contributed by atoms with van der Waals surface area (Å²) in [4.78, 5) is 42.1. The summed E-state index contributed by atoms with van der Waals surface area (Å²) < 4.78 is 5.31. The molecule has 2 aliphatic heterocycles. The van der Waals surface area contributed by atoms with E-state index in [1.807, 2.05) is 44.2 Å². The Morgan fingerprint density at radius 2 is 1.97 bits per heavy atom. The van der Waals surface area contributed by atoms with Gasteiger partial charge in [-0.25, -0.2) is 4.79 Å². The van der Waals surface area contributed by atoms with Crippen LogP contribution in [0.25, 0.3) is 0 Å². The van der Waals surface area contributed by atoms with Crippen molar-refractivity contribution < 1.29 is 19.1 Å². The molecule has 0 radical (unpaired) electrons. The molecule has 2 aromatic carbocycles. The maximum Gasteiger partial charge on any atom is 0.325 e. The zero-order valence-electron chi connectivity index (χ0n) is 18.1. The van der Waals surface area contributed by atoms with Crippen LogP contribution in [0.2, 0.25) is 0 Å². The molecule has 7 heteroatoms. The number of carbonyl (C=O) groups excluding carboxylic acids is 3. The molecular formula is C24H27N3O4. The van der Waals surface area contributed by atoms with E-state index >= 15 is 0 Å². The molecule has 4 rings (SSSR count). The third-order valence-electron chi connectivity index (χ3n) is 6.30. The van der Waals surface area contributed by atoms with Gasteiger partial charge in [-0.15, -0.1) is 0 Å². The van der Waals surface area contributed by atoms with E-state index in [1.165, 1.54) is 0 Å². The highest BCUT2D eigenvalue weighted by Crippen LogP contribution is 2.35. The van der Waals surface area contributed by atoms with Gasteiger partial charge in [-0.05, 0) is 61.1 Å². The van der Waals surface area contributed by atoms with E-state index in [9.17, 15) is 14.4 Å². The van der Waals surface area contributed by atoms with Crippen molar-refractivity contribution in [2.45, 2.75) is 38.6 Å². The number of ether oxygens (including phenoxy) is 1. The molecule has 1 saturated heterocycles. The Bertz CT molecular complexity index is 1050. The second-order valence-corrected chi connectivity index (χ2v) is 8.04. The summed E-state index contributed by atoms with van der Waals surface area (Å²) in [5.74, 6) is 0.0549. The van der Waals surface area contributed by atoms with E-state index in [2.05, 4.69) is 5.32 Å². The van der Waals surface area contributed by atoms with Gasteiger partial charge in [0.05, 0.1) is 7.11 Å². The minimum absolute atomic E-state index is 0.256. The average molecular weight is 421 g/mol. The van der Waals surface area contributed by atoms with Crippen LogP contribution < -0.4 is 15.0 Å². The fourth-order valence-electron chi connectivity index (χ4n) is 4.57. The fourth-order valence-corrected chi connectivity index (χ4v) is 4.57. The third kappa shape index (κ3) is 3.44. The maximum atomic E-state index is 13.4. The summed E-state index contributed by atoms with van der Waals surface area (Å²) in [5.41, 5.74) is 2.34. The van der Waals surface area contributed by atoms with Crippen LogP contribution in [-0.2, 0) is 21.5 Å². The Hall–Kier alpha value is -3.35. The number of hydrogen-bond acceptors (Lipinski definition) is 4. The molecule has 2 aromatic rings. The molecule has 1 N–H and O–H groups in total. The number of methoxy groups -OCH3 is 1. The number of amides is 4. The van der Waals surface area contributed by atoms with Crippen LogP contribution in [0.1, 0.15) is 36.5 Å². The van der Waals surface area contributed by atoms with Crippen molar-refractivity contribution in [2.75, 3.05) is 25.1 Å². The Morgan fingerprint density at radius 1 is 1.19 bits per heavy atom. The molecule has 7 nitrogen and oxygen atoms in total. The van der Waals surface area contributed by atoms with Crippen molar-refractivity contribution in [3.05, 3.63) is 59.2 Å². The second-order valence-electron chi connectivity index (χ2n) is 8.04. The molecule has 0 aromatic heterocycles. The van der Waals surface area contributed by atoms with Gasteiger partial charge in [-0.1, -0.05) is 31.2 Å². The number of fused-ring (bicyclic) bond motifs is 1. The Kier molecular flexibility index (Phi) is 5.43. The van der Waals surface area contributed by atoms with Gasteiger partial charge < -0.3 is 15.0 Å². The van der Waals surface area contributed by atoms with Crippen LogP contribution in [0.3, 0.4) is 0 Å². The average Bonchev–Trinajstić information content (AvgIpc) is 3.03. The van der Waals surface area contributed by atoms with Gasteiger partial charge in [0.15, 0.2) is 0 Å².